The molecule has 1 heterocycles. The quantitative estimate of drug-likeness (QED) is 0.569. The second-order valence-electron chi connectivity index (χ2n) is 4.80. The maximum atomic E-state index is 5.73. The number of hydrogen-bond acceptors (Lipinski definition) is 4. The average Bonchev–Trinajstić information content (AvgIpc) is 2.56. The summed E-state index contributed by atoms with van der Waals surface area (Å²) in [7, 11) is 1.65. The Labute approximate surface area is 123 Å². The molecular formula is C17H17N3O. The summed E-state index contributed by atoms with van der Waals surface area (Å²) < 4.78 is 5.18. The van der Waals surface area contributed by atoms with E-state index in [0.29, 0.717) is 0 Å². The smallest absolute Gasteiger partial charge is 0.118 e. The van der Waals surface area contributed by atoms with Crippen molar-refractivity contribution in [3.63, 3.8) is 0 Å². The van der Waals surface area contributed by atoms with E-state index in [1.165, 1.54) is 0 Å². The van der Waals surface area contributed by atoms with Gasteiger partial charge in [0.15, 0.2) is 0 Å². The maximum Gasteiger partial charge on any atom is 0.118 e. The Morgan fingerprint density at radius 3 is 2.48 bits per heavy atom. The number of hydrazine groups is 1. The highest BCUT2D eigenvalue weighted by atomic mass is 16.5. The van der Waals surface area contributed by atoms with Gasteiger partial charge in [0.05, 0.1) is 24.4 Å². The standard InChI is InChI=1S/C17H17N3O/c1-21-14-9-6-13(7-10-14)17(20-18)16-11-8-12-4-2-3-5-15(12)19-16/h2-11,17,20H,18H2,1H3. The van der Waals surface area contributed by atoms with E-state index in [-0.39, 0.29) is 6.04 Å². The molecule has 0 aliphatic heterocycles. The van der Waals surface area contributed by atoms with Gasteiger partial charge in [0.25, 0.3) is 0 Å². The van der Waals surface area contributed by atoms with Gasteiger partial charge in [-0.2, -0.15) is 0 Å². The Balaban J connectivity index is 2.00. The number of nitrogens with one attached hydrogen (secondary N) is 1. The van der Waals surface area contributed by atoms with Gasteiger partial charge in [-0.15, -0.1) is 0 Å². The first-order chi connectivity index (χ1) is 10.3. The highest BCUT2D eigenvalue weighted by molar-refractivity contribution is 5.78. The number of hydrogen-bond donors (Lipinski definition) is 2. The molecule has 0 aliphatic rings. The van der Waals surface area contributed by atoms with Crippen LogP contribution in [0.15, 0.2) is 60.7 Å². The lowest BCUT2D eigenvalue weighted by Gasteiger charge is -2.16. The molecule has 2 aromatic carbocycles. The molecule has 0 amide bonds. The maximum absolute atomic E-state index is 5.73. The lowest BCUT2D eigenvalue weighted by Crippen LogP contribution is -2.29. The number of methoxy groups -OCH3 is 1. The Morgan fingerprint density at radius 2 is 1.76 bits per heavy atom. The van der Waals surface area contributed by atoms with Gasteiger partial charge in [-0.25, -0.2) is 5.43 Å². The van der Waals surface area contributed by atoms with Crippen LogP contribution in [0.5, 0.6) is 5.75 Å². The normalized spacial score (nSPS) is 12.3. The van der Waals surface area contributed by atoms with Crippen molar-refractivity contribution >= 4 is 10.9 Å². The van der Waals surface area contributed by atoms with Crippen molar-refractivity contribution in [3.05, 3.63) is 71.9 Å². The minimum absolute atomic E-state index is 0.152. The molecule has 0 bridgehead atoms. The molecule has 1 unspecified atom stereocenters. The summed E-state index contributed by atoms with van der Waals surface area (Å²) in [6, 6.07) is 19.7. The van der Waals surface area contributed by atoms with Gasteiger partial charge in [-0.3, -0.25) is 10.8 Å². The minimum Gasteiger partial charge on any atom is -0.497 e. The van der Waals surface area contributed by atoms with Crippen LogP contribution < -0.4 is 16.0 Å². The molecule has 21 heavy (non-hydrogen) atoms. The molecule has 4 nitrogen and oxygen atoms in total. The van der Waals surface area contributed by atoms with Gasteiger partial charge in [0.1, 0.15) is 5.75 Å². The number of fused-ring (bicyclic) bond motifs is 1. The minimum atomic E-state index is -0.152. The van der Waals surface area contributed by atoms with E-state index >= 15 is 0 Å². The molecule has 0 fully saturated rings. The highest BCUT2D eigenvalue weighted by Crippen LogP contribution is 2.24. The predicted molar refractivity (Wildman–Crippen MR) is 83.9 cm³/mol. The van der Waals surface area contributed by atoms with Crippen molar-refractivity contribution in [3.8, 4) is 5.75 Å². The monoisotopic (exact) mass is 279 g/mol. The molecule has 3 aromatic rings. The predicted octanol–water partition coefficient (Wildman–Crippen LogP) is 2.80. The van der Waals surface area contributed by atoms with E-state index in [9.17, 15) is 0 Å². The Hall–Kier alpha value is -2.43. The van der Waals surface area contributed by atoms with Crippen molar-refractivity contribution < 1.29 is 4.74 Å². The van der Waals surface area contributed by atoms with Crippen LogP contribution in [0.25, 0.3) is 10.9 Å². The molecule has 3 rings (SSSR count). The first-order valence-electron chi connectivity index (χ1n) is 6.77. The largest absolute Gasteiger partial charge is 0.497 e. The van der Waals surface area contributed by atoms with Crippen LogP contribution in [-0.4, -0.2) is 12.1 Å². The zero-order chi connectivity index (χ0) is 14.7. The molecule has 3 N–H and O–H groups in total. The number of rotatable bonds is 4. The van der Waals surface area contributed by atoms with Crippen molar-refractivity contribution in [1.29, 1.82) is 0 Å². The Morgan fingerprint density at radius 1 is 1.00 bits per heavy atom. The molecule has 4 heteroatoms. The number of ether oxygens (including phenoxy) is 1. The van der Waals surface area contributed by atoms with Crippen molar-refractivity contribution in [2.45, 2.75) is 6.04 Å². The molecule has 0 saturated heterocycles. The molecule has 0 spiro atoms. The molecule has 1 aromatic heterocycles. The van der Waals surface area contributed by atoms with Crippen LogP contribution in [0.3, 0.4) is 0 Å². The van der Waals surface area contributed by atoms with E-state index in [1.807, 2.05) is 54.6 Å². The number of para-hydroxylation sites is 1. The van der Waals surface area contributed by atoms with E-state index in [2.05, 4.69) is 11.5 Å². The van der Waals surface area contributed by atoms with Crippen LogP contribution in [0.2, 0.25) is 0 Å². The summed E-state index contributed by atoms with van der Waals surface area (Å²) in [5, 5.41) is 1.12. The summed E-state index contributed by atoms with van der Waals surface area (Å²) in [6.45, 7) is 0. The molecule has 106 valence electrons. The summed E-state index contributed by atoms with van der Waals surface area (Å²) in [4.78, 5) is 4.69. The van der Waals surface area contributed by atoms with E-state index in [4.69, 9.17) is 15.6 Å². The van der Waals surface area contributed by atoms with Crippen molar-refractivity contribution in [2.24, 2.45) is 5.84 Å². The van der Waals surface area contributed by atoms with E-state index in [0.717, 1.165) is 27.9 Å². The van der Waals surface area contributed by atoms with Crippen LogP contribution >= 0.6 is 0 Å². The van der Waals surface area contributed by atoms with Gasteiger partial charge in [-0.1, -0.05) is 36.4 Å². The first kappa shape index (κ1) is 13.5. The molecule has 0 radical (unpaired) electrons. The third kappa shape index (κ3) is 2.72. The zero-order valence-corrected chi connectivity index (χ0v) is 11.8. The highest BCUT2D eigenvalue weighted by Gasteiger charge is 2.14. The number of aromatic nitrogens is 1. The van der Waals surface area contributed by atoms with Crippen LogP contribution in [0.4, 0.5) is 0 Å². The summed E-state index contributed by atoms with van der Waals surface area (Å²) in [6.07, 6.45) is 0. The van der Waals surface area contributed by atoms with Crippen LogP contribution in [-0.2, 0) is 0 Å². The van der Waals surface area contributed by atoms with Gasteiger partial charge >= 0.3 is 0 Å². The Kier molecular flexibility index (Phi) is 3.81. The van der Waals surface area contributed by atoms with Gasteiger partial charge in [0.2, 0.25) is 0 Å². The first-order valence-corrected chi connectivity index (χ1v) is 6.77. The lowest BCUT2D eigenvalue weighted by atomic mass is 10.0. The van der Waals surface area contributed by atoms with Crippen LogP contribution in [0, 0.1) is 0 Å². The van der Waals surface area contributed by atoms with Gasteiger partial charge in [0, 0.05) is 5.39 Å². The SMILES string of the molecule is COc1ccc(C(NN)c2ccc3ccccc3n2)cc1. The lowest BCUT2D eigenvalue weighted by molar-refractivity contribution is 0.414. The van der Waals surface area contributed by atoms with E-state index in [1.54, 1.807) is 7.11 Å². The zero-order valence-electron chi connectivity index (χ0n) is 11.8. The third-order valence-electron chi connectivity index (χ3n) is 3.53. The fourth-order valence-corrected chi connectivity index (χ4v) is 2.39. The second-order valence-corrected chi connectivity index (χ2v) is 4.80. The topological polar surface area (TPSA) is 60.2 Å². The molecule has 1 atom stereocenters. The fraction of sp³-hybridized carbons (Fsp3) is 0.118. The van der Waals surface area contributed by atoms with Gasteiger partial charge in [-0.05, 0) is 29.8 Å². The molecular weight excluding hydrogens is 262 g/mol. The summed E-state index contributed by atoms with van der Waals surface area (Å²) >= 11 is 0. The number of benzene rings is 2. The molecule has 0 saturated carbocycles. The number of nitrogens with zero attached hydrogens (tertiary/aromatic N) is 1. The number of nitrogens with two attached hydrogens (primary N) is 1. The Bertz CT molecular complexity index is 740. The third-order valence-corrected chi connectivity index (χ3v) is 3.53. The van der Waals surface area contributed by atoms with Crippen molar-refractivity contribution in [2.75, 3.05) is 7.11 Å². The summed E-state index contributed by atoms with van der Waals surface area (Å²) in [5.41, 5.74) is 5.73. The summed E-state index contributed by atoms with van der Waals surface area (Å²) in [5.74, 6) is 6.55. The number of pyridine rings is 1. The van der Waals surface area contributed by atoms with Gasteiger partial charge < -0.3 is 4.74 Å². The van der Waals surface area contributed by atoms with E-state index < -0.39 is 0 Å². The fourth-order valence-electron chi connectivity index (χ4n) is 2.39. The molecule has 0 aliphatic carbocycles. The van der Waals surface area contributed by atoms with Crippen LogP contribution in [0.1, 0.15) is 17.3 Å². The van der Waals surface area contributed by atoms with Crippen molar-refractivity contribution in [1.82, 2.24) is 10.4 Å². The average molecular weight is 279 g/mol. The second kappa shape index (κ2) is 5.91.